The van der Waals surface area contributed by atoms with Crippen LogP contribution in [0.1, 0.15) is 30.9 Å². The molecule has 0 heterocycles. The average Bonchev–Trinajstić information content (AvgIpc) is 2.76. The molecule has 0 spiro atoms. The van der Waals surface area contributed by atoms with E-state index in [-0.39, 0.29) is 35.8 Å². The molecule has 0 saturated heterocycles. The van der Waals surface area contributed by atoms with Gasteiger partial charge in [0.05, 0.1) is 23.6 Å². The minimum Gasteiger partial charge on any atom is -1.00 e. The van der Waals surface area contributed by atoms with Gasteiger partial charge >= 0.3 is 0 Å². The Kier molecular flexibility index (Phi) is 9.67. The second kappa shape index (κ2) is 11.2. The van der Waals surface area contributed by atoms with E-state index in [1.54, 1.807) is 26.0 Å². The number of aliphatic hydroxyl groups excluding tert-OH is 4. The van der Waals surface area contributed by atoms with E-state index in [4.69, 9.17) is 10.8 Å². The maximum absolute atomic E-state index is 13.7. The van der Waals surface area contributed by atoms with Crippen LogP contribution in [0.2, 0.25) is 0 Å². The molecule has 1 aromatic carbocycles. The van der Waals surface area contributed by atoms with Crippen LogP contribution in [0, 0.1) is 11.8 Å². The number of hydrogen-bond donors (Lipinski definition) is 7. The Morgan fingerprint density at radius 3 is 2.19 bits per heavy atom. The van der Waals surface area contributed by atoms with Gasteiger partial charge in [-0.05, 0) is 38.6 Å². The van der Waals surface area contributed by atoms with Gasteiger partial charge in [-0.3, -0.25) is 19.3 Å². The van der Waals surface area contributed by atoms with E-state index in [0.29, 0.717) is 5.56 Å². The molecule has 3 aliphatic carbocycles. The first-order chi connectivity index (χ1) is 16.3. The summed E-state index contributed by atoms with van der Waals surface area (Å²) in [7, 11) is 2.92. The minimum atomic E-state index is -2.89. The number of carbonyl (C=O) groups is 3. The van der Waals surface area contributed by atoms with Crippen molar-refractivity contribution in [3.8, 4) is 5.75 Å². The summed E-state index contributed by atoms with van der Waals surface area (Å²) in [5.74, 6) is -8.87. The molecule has 0 aromatic heterocycles. The Hall–Kier alpha value is -3.00. The van der Waals surface area contributed by atoms with Crippen molar-refractivity contribution in [1.29, 1.82) is 0 Å². The van der Waals surface area contributed by atoms with Gasteiger partial charge in [0.2, 0.25) is 5.78 Å². The molecule has 206 valence electrons. The van der Waals surface area contributed by atoms with Gasteiger partial charge in [-0.2, -0.15) is 0 Å². The fourth-order valence-corrected chi connectivity index (χ4v) is 5.58. The van der Waals surface area contributed by atoms with E-state index in [0.717, 1.165) is 0 Å². The Morgan fingerprint density at radius 2 is 1.70 bits per heavy atom. The zero-order valence-corrected chi connectivity index (χ0v) is 21.4. The van der Waals surface area contributed by atoms with Crippen LogP contribution in [0.25, 0.3) is 5.76 Å². The van der Waals surface area contributed by atoms with E-state index < -0.39 is 75.6 Å². The molecule has 10 N–H and O–H groups in total. The smallest absolute Gasteiger partial charge is 0.255 e. The number of carbonyl (C=O) groups excluding carboxylic acids is 3. The van der Waals surface area contributed by atoms with Crippen LogP contribution in [0.3, 0.4) is 0 Å². The highest BCUT2D eigenvalue weighted by atomic mass is 35.5. The third kappa shape index (κ3) is 4.39. The number of ketones is 2. The SMILES string of the molecule is CC1c2cccc(O)c2C(O)=C2C(=O)[C@]3(O)C(O)=C(C(N)=O)C(=O)C(N(C)C)C3C(O)C21.CCO.O.[Cl-]. The van der Waals surface area contributed by atoms with Crippen molar-refractivity contribution in [3.05, 3.63) is 46.2 Å². The molecule has 0 bridgehead atoms. The Bertz CT molecular complexity index is 1160. The summed E-state index contributed by atoms with van der Waals surface area (Å²) in [6.07, 6.45) is -1.59. The lowest BCUT2D eigenvalue weighted by molar-refractivity contribution is -0.169. The first-order valence-corrected chi connectivity index (χ1v) is 11.0. The largest absolute Gasteiger partial charge is 1.00 e. The minimum absolute atomic E-state index is 0. The maximum atomic E-state index is 13.7. The molecule has 0 aliphatic heterocycles. The average molecular weight is 544 g/mol. The van der Waals surface area contributed by atoms with Crippen molar-refractivity contribution < 1.29 is 62.9 Å². The molecule has 1 aromatic rings. The van der Waals surface area contributed by atoms with Crippen LogP contribution >= 0.6 is 0 Å². The predicted octanol–water partition coefficient (Wildman–Crippen LogP) is -4.33. The molecular weight excluding hydrogens is 512 g/mol. The number of fused-ring (bicyclic) bond motifs is 3. The topological polar surface area (TPSA) is 233 Å². The number of likely N-dealkylation sites (N-methyl/N-ethyl adjacent to an activating group) is 1. The highest BCUT2D eigenvalue weighted by Gasteiger charge is 2.68. The second-order valence-corrected chi connectivity index (χ2v) is 9.11. The van der Waals surface area contributed by atoms with Crippen molar-refractivity contribution in [2.45, 2.75) is 37.5 Å². The number of hydrogen-bond acceptors (Lipinski definition) is 10. The molecule has 12 nitrogen and oxygen atoms in total. The number of rotatable bonds is 2. The van der Waals surface area contributed by atoms with E-state index in [9.17, 15) is 39.9 Å². The van der Waals surface area contributed by atoms with Crippen molar-refractivity contribution in [3.63, 3.8) is 0 Å². The Balaban J connectivity index is 0.00000131. The Morgan fingerprint density at radius 1 is 1.16 bits per heavy atom. The monoisotopic (exact) mass is 543 g/mol. The van der Waals surface area contributed by atoms with E-state index in [1.807, 2.05) is 0 Å². The molecule has 0 radical (unpaired) electrons. The molecular formula is C24H32ClN2O10-. The Labute approximate surface area is 219 Å². The van der Waals surface area contributed by atoms with Crippen LogP contribution in [0.15, 0.2) is 35.1 Å². The quantitative estimate of drug-likeness (QED) is 0.177. The van der Waals surface area contributed by atoms with Gasteiger partial charge in [0.15, 0.2) is 11.4 Å². The van der Waals surface area contributed by atoms with E-state index in [1.165, 1.54) is 25.1 Å². The van der Waals surface area contributed by atoms with Crippen molar-refractivity contribution in [2.24, 2.45) is 17.6 Å². The summed E-state index contributed by atoms with van der Waals surface area (Å²) in [5.41, 5.74) is 1.47. The van der Waals surface area contributed by atoms with Crippen LogP contribution in [0.4, 0.5) is 0 Å². The fourth-order valence-electron chi connectivity index (χ4n) is 5.58. The zero-order valence-electron chi connectivity index (χ0n) is 20.6. The molecule has 5 unspecified atom stereocenters. The number of aliphatic hydroxyl groups is 5. The summed E-state index contributed by atoms with van der Waals surface area (Å²) in [5, 5.41) is 62.5. The first kappa shape index (κ1) is 32.0. The highest BCUT2D eigenvalue weighted by Crippen LogP contribution is 2.55. The molecule has 3 aliphatic rings. The molecule has 1 saturated carbocycles. The van der Waals surface area contributed by atoms with Gasteiger partial charge in [-0.1, -0.05) is 19.1 Å². The van der Waals surface area contributed by atoms with E-state index in [2.05, 4.69) is 0 Å². The van der Waals surface area contributed by atoms with Gasteiger partial charge < -0.3 is 54.3 Å². The summed E-state index contributed by atoms with van der Waals surface area (Å²) < 4.78 is 0. The van der Waals surface area contributed by atoms with Gasteiger partial charge in [-0.15, -0.1) is 0 Å². The number of aromatic hydroxyl groups is 1. The summed E-state index contributed by atoms with van der Waals surface area (Å²) in [6.45, 7) is 3.61. The number of phenolic OH excluding ortho intramolecular Hbond substituents is 1. The van der Waals surface area contributed by atoms with Crippen molar-refractivity contribution in [2.75, 3.05) is 20.7 Å². The number of benzene rings is 1. The number of Topliss-reactive ketones (excluding diaryl/α,β-unsaturated/α-hetero) is 2. The molecule has 1 amide bonds. The first-order valence-electron chi connectivity index (χ1n) is 11.0. The lowest BCUT2D eigenvalue weighted by atomic mass is 9.54. The molecule has 4 rings (SSSR count). The lowest BCUT2D eigenvalue weighted by Gasteiger charge is -2.53. The number of nitrogens with two attached hydrogens (primary N) is 1. The van der Waals surface area contributed by atoms with E-state index >= 15 is 0 Å². The number of phenols is 1. The zero-order chi connectivity index (χ0) is 26.6. The summed E-state index contributed by atoms with van der Waals surface area (Å²) >= 11 is 0. The summed E-state index contributed by atoms with van der Waals surface area (Å²) in [6, 6.07) is 3.13. The number of amides is 1. The van der Waals surface area contributed by atoms with Gasteiger partial charge in [0.25, 0.3) is 5.91 Å². The maximum Gasteiger partial charge on any atom is 0.255 e. The summed E-state index contributed by atoms with van der Waals surface area (Å²) in [4.78, 5) is 40.0. The molecule has 6 atom stereocenters. The van der Waals surface area contributed by atoms with Crippen LogP contribution in [0.5, 0.6) is 5.75 Å². The normalized spacial score (nSPS) is 30.2. The van der Waals surface area contributed by atoms with Gasteiger partial charge in [0.1, 0.15) is 22.8 Å². The van der Waals surface area contributed by atoms with Crippen molar-refractivity contribution >= 4 is 23.2 Å². The number of halogens is 1. The van der Waals surface area contributed by atoms with Crippen LogP contribution in [-0.4, -0.2) is 96.9 Å². The molecule has 37 heavy (non-hydrogen) atoms. The second-order valence-electron chi connectivity index (χ2n) is 9.11. The lowest BCUT2D eigenvalue weighted by Crippen LogP contribution is -3.00. The van der Waals surface area contributed by atoms with Crippen LogP contribution < -0.4 is 18.1 Å². The standard InChI is InChI=1S/C22H24N2O8.C2H6O.ClH.H2O/c1-7-8-5-4-6-9(25)11(8)16(26)12-10(7)17(27)14-15(24(2)3)18(28)13(21(23)31)20(30)22(14,32)19(12)29;1-2-3;;/h4-7,10,14-15,17,25-27,30,32H,1-3H3,(H2,23,31);3H,2H2,1H3;1H;1H2/p-1/t7?,10?,14?,15?,17?,22-;;;/m0.../s1. The van der Waals surface area contributed by atoms with Crippen molar-refractivity contribution in [1.82, 2.24) is 4.90 Å². The number of primary amides is 1. The third-order valence-corrected chi connectivity index (χ3v) is 6.99. The molecule has 1 fully saturated rings. The number of nitrogens with zero attached hydrogens (tertiary/aromatic N) is 1. The molecule has 13 heteroatoms. The fraction of sp³-hybridized carbons (Fsp3) is 0.458. The van der Waals surface area contributed by atoms with Gasteiger partial charge in [0, 0.05) is 18.1 Å². The highest BCUT2D eigenvalue weighted by molar-refractivity contribution is 6.24. The predicted molar refractivity (Wildman–Crippen MR) is 127 cm³/mol. The van der Waals surface area contributed by atoms with Gasteiger partial charge in [-0.25, -0.2) is 0 Å². The van der Waals surface area contributed by atoms with Crippen LogP contribution in [-0.2, 0) is 14.4 Å². The third-order valence-electron chi connectivity index (χ3n) is 6.99.